The average Bonchev–Trinajstić information content (AvgIpc) is 3.10. The summed E-state index contributed by atoms with van der Waals surface area (Å²) < 4.78 is 6.08. The third kappa shape index (κ3) is 3.72. The van der Waals surface area contributed by atoms with Gasteiger partial charge in [0.2, 0.25) is 0 Å². The molecule has 6 nitrogen and oxygen atoms in total. The van der Waals surface area contributed by atoms with Crippen LogP contribution in [0.3, 0.4) is 0 Å². The predicted octanol–water partition coefficient (Wildman–Crippen LogP) is 2.31. The molecule has 25 heavy (non-hydrogen) atoms. The van der Waals surface area contributed by atoms with Gasteiger partial charge in [-0.2, -0.15) is 5.26 Å². The molecule has 2 aromatic rings. The number of carbonyl (C=O) groups excluding carboxylic acids is 1. The number of aromatic nitrogens is 1. The standard InChI is InChI=1S/C19H20N4O2/c1-22(2)18-17(7-4-9-21-18)25-16-8-10-23(13-16)19(24)15-6-3-5-14(11-15)12-20/h3-7,9,11,16H,8,10,13H2,1-2H3/t16-/m1/s1. The topological polar surface area (TPSA) is 69.5 Å². The molecule has 1 aliphatic rings. The van der Waals surface area contributed by atoms with Crippen LogP contribution in [0.4, 0.5) is 5.82 Å². The van der Waals surface area contributed by atoms with Crippen LogP contribution < -0.4 is 9.64 Å². The summed E-state index contributed by atoms with van der Waals surface area (Å²) in [5.41, 5.74) is 1.03. The van der Waals surface area contributed by atoms with E-state index >= 15 is 0 Å². The van der Waals surface area contributed by atoms with Crippen molar-refractivity contribution in [1.82, 2.24) is 9.88 Å². The van der Waals surface area contributed by atoms with Crippen molar-refractivity contribution in [2.45, 2.75) is 12.5 Å². The van der Waals surface area contributed by atoms with Gasteiger partial charge in [0.25, 0.3) is 5.91 Å². The molecule has 0 N–H and O–H groups in total. The Kier molecular flexibility index (Phi) is 4.85. The van der Waals surface area contributed by atoms with Crippen LogP contribution in [0.15, 0.2) is 42.6 Å². The van der Waals surface area contributed by atoms with Gasteiger partial charge >= 0.3 is 0 Å². The van der Waals surface area contributed by atoms with Crippen molar-refractivity contribution in [2.75, 3.05) is 32.1 Å². The molecule has 0 aliphatic carbocycles. The first kappa shape index (κ1) is 16.8. The summed E-state index contributed by atoms with van der Waals surface area (Å²) in [5, 5.41) is 8.98. The fraction of sp³-hybridized carbons (Fsp3) is 0.316. The highest BCUT2D eigenvalue weighted by atomic mass is 16.5. The summed E-state index contributed by atoms with van der Waals surface area (Å²) in [6.45, 7) is 1.16. The monoisotopic (exact) mass is 336 g/mol. The minimum absolute atomic E-state index is 0.0639. The zero-order valence-corrected chi connectivity index (χ0v) is 14.3. The van der Waals surface area contributed by atoms with Gasteiger partial charge in [0.1, 0.15) is 6.10 Å². The normalized spacial score (nSPS) is 16.4. The van der Waals surface area contributed by atoms with Crippen LogP contribution in [0, 0.1) is 11.3 Å². The molecule has 2 heterocycles. The lowest BCUT2D eigenvalue weighted by molar-refractivity contribution is 0.0772. The molecule has 1 saturated heterocycles. The minimum Gasteiger partial charge on any atom is -0.485 e. The summed E-state index contributed by atoms with van der Waals surface area (Å²) in [4.78, 5) is 20.6. The summed E-state index contributed by atoms with van der Waals surface area (Å²) in [5.74, 6) is 1.43. The Hall–Kier alpha value is -3.07. The van der Waals surface area contributed by atoms with Crippen molar-refractivity contribution >= 4 is 11.7 Å². The van der Waals surface area contributed by atoms with Crippen molar-refractivity contribution in [3.05, 3.63) is 53.7 Å². The third-order valence-corrected chi connectivity index (χ3v) is 4.14. The average molecular weight is 336 g/mol. The summed E-state index contributed by atoms with van der Waals surface area (Å²) in [6.07, 6.45) is 2.44. The van der Waals surface area contributed by atoms with E-state index in [1.165, 1.54) is 0 Å². The number of likely N-dealkylation sites (tertiary alicyclic amines) is 1. The number of hydrogen-bond acceptors (Lipinski definition) is 5. The number of benzene rings is 1. The van der Waals surface area contributed by atoms with E-state index in [-0.39, 0.29) is 12.0 Å². The predicted molar refractivity (Wildman–Crippen MR) is 94.7 cm³/mol. The molecule has 0 radical (unpaired) electrons. The first-order valence-electron chi connectivity index (χ1n) is 8.17. The van der Waals surface area contributed by atoms with Crippen LogP contribution >= 0.6 is 0 Å². The van der Waals surface area contributed by atoms with E-state index in [2.05, 4.69) is 11.1 Å². The number of pyridine rings is 1. The summed E-state index contributed by atoms with van der Waals surface area (Å²) >= 11 is 0. The quantitative estimate of drug-likeness (QED) is 0.857. The van der Waals surface area contributed by atoms with Crippen LogP contribution in [-0.2, 0) is 0 Å². The second-order valence-corrected chi connectivity index (χ2v) is 6.19. The van der Waals surface area contributed by atoms with E-state index in [1.807, 2.05) is 31.1 Å². The van der Waals surface area contributed by atoms with Crippen LogP contribution in [0.25, 0.3) is 0 Å². The van der Waals surface area contributed by atoms with E-state index in [1.54, 1.807) is 35.4 Å². The molecular weight excluding hydrogens is 316 g/mol. The summed E-state index contributed by atoms with van der Waals surface area (Å²) in [7, 11) is 3.84. The van der Waals surface area contributed by atoms with Gasteiger partial charge in [-0.25, -0.2) is 4.98 Å². The van der Waals surface area contributed by atoms with Crippen LogP contribution in [0.1, 0.15) is 22.3 Å². The molecule has 0 saturated carbocycles. The Morgan fingerprint density at radius 1 is 1.36 bits per heavy atom. The van der Waals surface area contributed by atoms with Crippen molar-refractivity contribution in [3.63, 3.8) is 0 Å². The summed E-state index contributed by atoms with van der Waals surface area (Å²) in [6, 6.07) is 12.6. The highest BCUT2D eigenvalue weighted by Gasteiger charge is 2.29. The van der Waals surface area contributed by atoms with E-state index in [0.29, 0.717) is 24.2 Å². The van der Waals surface area contributed by atoms with Gasteiger partial charge in [0.15, 0.2) is 11.6 Å². The molecule has 0 spiro atoms. The number of amides is 1. The van der Waals surface area contributed by atoms with Gasteiger partial charge in [-0.15, -0.1) is 0 Å². The Bertz CT molecular complexity index is 813. The number of carbonyl (C=O) groups is 1. The number of rotatable bonds is 4. The zero-order valence-electron chi connectivity index (χ0n) is 14.3. The molecular formula is C19H20N4O2. The van der Waals surface area contributed by atoms with Gasteiger partial charge in [-0.3, -0.25) is 4.79 Å². The lowest BCUT2D eigenvalue weighted by Gasteiger charge is -2.20. The van der Waals surface area contributed by atoms with Crippen LogP contribution in [0.5, 0.6) is 5.75 Å². The first-order valence-corrected chi connectivity index (χ1v) is 8.17. The Morgan fingerprint density at radius 2 is 2.20 bits per heavy atom. The molecule has 1 fully saturated rings. The van der Waals surface area contributed by atoms with E-state index in [9.17, 15) is 4.79 Å². The molecule has 0 unspecified atom stereocenters. The maximum absolute atomic E-state index is 12.6. The highest BCUT2D eigenvalue weighted by molar-refractivity contribution is 5.94. The Balaban J connectivity index is 1.68. The molecule has 6 heteroatoms. The fourth-order valence-corrected chi connectivity index (χ4v) is 2.90. The molecule has 3 rings (SSSR count). The molecule has 1 amide bonds. The largest absolute Gasteiger partial charge is 0.485 e. The second kappa shape index (κ2) is 7.22. The van der Waals surface area contributed by atoms with E-state index in [0.717, 1.165) is 18.0 Å². The number of nitrogens with zero attached hydrogens (tertiary/aromatic N) is 4. The fourth-order valence-electron chi connectivity index (χ4n) is 2.90. The molecule has 128 valence electrons. The van der Waals surface area contributed by atoms with E-state index in [4.69, 9.17) is 10.00 Å². The lowest BCUT2D eigenvalue weighted by Crippen LogP contribution is -2.31. The van der Waals surface area contributed by atoms with Gasteiger partial charge in [-0.1, -0.05) is 6.07 Å². The third-order valence-electron chi connectivity index (χ3n) is 4.14. The smallest absolute Gasteiger partial charge is 0.254 e. The van der Waals surface area contributed by atoms with Crippen LogP contribution in [-0.4, -0.2) is 49.1 Å². The van der Waals surface area contributed by atoms with E-state index < -0.39 is 0 Å². The SMILES string of the molecule is CN(C)c1ncccc1O[C@@H]1CCN(C(=O)c2cccc(C#N)c2)C1. The second-order valence-electron chi connectivity index (χ2n) is 6.19. The number of anilines is 1. The van der Waals surface area contributed by atoms with Crippen molar-refractivity contribution < 1.29 is 9.53 Å². The first-order chi connectivity index (χ1) is 12.1. The molecule has 1 aromatic heterocycles. The van der Waals surface area contributed by atoms with Crippen molar-refractivity contribution in [2.24, 2.45) is 0 Å². The molecule has 1 atom stereocenters. The molecule has 1 aromatic carbocycles. The zero-order chi connectivity index (χ0) is 17.8. The number of nitriles is 1. The lowest BCUT2D eigenvalue weighted by atomic mass is 10.1. The molecule has 1 aliphatic heterocycles. The van der Waals surface area contributed by atoms with Crippen molar-refractivity contribution in [1.29, 1.82) is 5.26 Å². The highest BCUT2D eigenvalue weighted by Crippen LogP contribution is 2.27. The molecule has 0 bridgehead atoms. The Labute approximate surface area is 147 Å². The van der Waals surface area contributed by atoms with Crippen LogP contribution in [0.2, 0.25) is 0 Å². The maximum atomic E-state index is 12.6. The number of hydrogen-bond donors (Lipinski definition) is 0. The van der Waals surface area contributed by atoms with Gasteiger partial charge in [-0.05, 0) is 30.3 Å². The van der Waals surface area contributed by atoms with Crippen molar-refractivity contribution in [3.8, 4) is 11.8 Å². The number of ether oxygens (including phenoxy) is 1. The Morgan fingerprint density at radius 3 is 2.96 bits per heavy atom. The van der Waals surface area contributed by atoms with Gasteiger partial charge in [0.05, 0.1) is 18.2 Å². The maximum Gasteiger partial charge on any atom is 0.254 e. The van der Waals surface area contributed by atoms with Gasteiger partial charge < -0.3 is 14.5 Å². The minimum atomic E-state index is -0.0674. The van der Waals surface area contributed by atoms with Gasteiger partial charge in [0, 0.05) is 38.8 Å².